The lowest BCUT2D eigenvalue weighted by Gasteiger charge is -2.25. The standard InChI is InChI=1S/C19H26N4O2/c1-12-13(2)23-16(17(24)22(12)11-15-5-3-4-10-25-15)20-21-18(23)19(8-9-19)14-6-7-14/h14-15H,3-11H2,1-2H3. The topological polar surface area (TPSA) is 61.4 Å². The average molecular weight is 342 g/mol. The number of rotatable bonds is 4. The molecule has 134 valence electrons. The molecule has 6 nitrogen and oxygen atoms in total. The van der Waals surface area contributed by atoms with Crippen molar-refractivity contribution in [2.24, 2.45) is 5.92 Å². The van der Waals surface area contributed by atoms with Gasteiger partial charge in [-0.05, 0) is 64.7 Å². The lowest BCUT2D eigenvalue weighted by atomic mass is 9.99. The van der Waals surface area contributed by atoms with Gasteiger partial charge in [-0.25, -0.2) is 0 Å². The van der Waals surface area contributed by atoms with Gasteiger partial charge in [0.05, 0.1) is 12.6 Å². The number of nitrogens with zero attached hydrogens (tertiary/aromatic N) is 4. The maximum atomic E-state index is 13.1. The van der Waals surface area contributed by atoms with Crippen LogP contribution in [0, 0.1) is 19.8 Å². The Balaban J connectivity index is 1.61. The average Bonchev–Trinajstić information content (AvgIpc) is 3.54. The molecule has 6 heteroatoms. The molecular formula is C19H26N4O2. The quantitative estimate of drug-likeness (QED) is 0.856. The predicted octanol–water partition coefficient (Wildman–Crippen LogP) is 2.52. The van der Waals surface area contributed by atoms with Gasteiger partial charge in [0.2, 0.25) is 5.65 Å². The minimum Gasteiger partial charge on any atom is -0.376 e. The highest BCUT2D eigenvalue weighted by Crippen LogP contribution is 2.61. The van der Waals surface area contributed by atoms with Crippen molar-refractivity contribution in [2.75, 3.05) is 6.61 Å². The zero-order valence-corrected chi connectivity index (χ0v) is 15.1. The first-order valence-electron chi connectivity index (χ1n) is 9.69. The van der Waals surface area contributed by atoms with E-state index in [2.05, 4.69) is 21.5 Å². The molecule has 1 atom stereocenters. The second-order valence-electron chi connectivity index (χ2n) is 8.19. The smallest absolute Gasteiger partial charge is 0.296 e. The van der Waals surface area contributed by atoms with E-state index in [-0.39, 0.29) is 17.1 Å². The lowest BCUT2D eigenvalue weighted by Crippen LogP contribution is -2.34. The zero-order valence-electron chi connectivity index (χ0n) is 15.1. The van der Waals surface area contributed by atoms with Crippen molar-refractivity contribution in [3.05, 3.63) is 27.6 Å². The van der Waals surface area contributed by atoms with Gasteiger partial charge >= 0.3 is 0 Å². The third-order valence-corrected chi connectivity index (χ3v) is 6.62. The molecular weight excluding hydrogens is 316 g/mol. The van der Waals surface area contributed by atoms with Crippen molar-refractivity contribution in [2.45, 2.75) is 76.9 Å². The summed E-state index contributed by atoms with van der Waals surface area (Å²) in [7, 11) is 0. The monoisotopic (exact) mass is 342 g/mol. The molecule has 3 heterocycles. The molecule has 2 aliphatic carbocycles. The van der Waals surface area contributed by atoms with Crippen LogP contribution in [0.2, 0.25) is 0 Å². The largest absolute Gasteiger partial charge is 0.376 e. The molecule has 2 aromatic rings. The maximum absolute atomic E-state index is 13.1. The highest BCUT2D eigenvalue weighted by molar-refractivity contribution is 5.42. The molecule has 1 saturated heterocycles. The number of aromatic nitrogens is 4. The van der Waals surface area contributed by atoms with Crippen LogP contribution in [-0.2, 0) is 16.7 Å². The number of ether oxygens (including phenoxy) is 1. The second-order valence-corrected chi connectivity index (χ2v) is 8.19. The molecule has 0 spiro atoms. The predicted molar refractivity (Wildman–Crippen MR) is 93.9 cm³/mol. The first kappa shape index (κ1) is 15.6. The summed E-state index contributed by atoms with van der Waals surface area (Å²) in [5.41, 5.74) is 2.77. The molecule has 0 radical (unpaired) electrons. The van der Waals surface area contributed by atoms with Crippen molar-refractivity contribution in [1.29, 1.82) is 0 Å². The summed E-state index contributed by atoms with van der Waals surface area (Å²) < 4.78 is 9.76. The van der Waals surface area contributed by atoms with Crippen molar-refractivity contribution < 1.29 is 4.74 Å². The Kier molecular flexibility index (Phi) is 3.36. The van der Waals surface area contributed by atoms with Crippen LogP contribution in [0.15, 0.2) is 4.79 Å². The number of aryl methyl sites for hydroxylation is 1. The summed E-state index contributed by atoms with van der Waals surface area (Å²) in [4.78, 5) is 13.1. The van der Waals surface area contributed by atoms with Crippen molar-refractivity contribution >= 4 is 5.65 Å². The van der Waals surface area contributed by atoms with Crippen molar-refractivity contribution in [3.8, 4) is 0 Å². The minimum atomic E-state index is -0.0254. The zero-order chi connectivity index (χ0) is 17.2. The van der Waals surface area contributed by atoms with Gasteiger partial charge in [0.1, 0.15) is 5.82 Å². The SMILES string of the molecule is Cc1c(C)n2c(C3(C4CC4)CC3)nnc2c(=O)n1CC1CCCCO1. The Morgan fingerprint density at radius 3 is 2.56 bits per heavy atom. The van der Waals surface area contributed by atoms with Crippen molar-refractivity contribution in [1.82, 2.24) is 19.2 Å². The van der Waals surface area contributed by atoms with Gasteiger partial charge in [-0.15, -0.1) is 10.2 Å². The molecule has 1 aliphatic heterocycles. The van der Waals surface area contributed by atoms with Crippen LogP contribution in [-0.4, -0.2) is 31.9 Å². The fraction of sp³-hybridized carbons (Fsp3) is 0.737. The first-order chi connectivity index (χ1) is 12.1. The Hall–Kier alpha value is -1.69. The Morgan fingerprint density at radius 1 is 1.12 bits per heavy atom. The molecule has 0 aromatic carbocycles. The van der Waals surface area contributed by atoms with E-state index in [1.807, 2.05) is 11.5 Å². The van der Waals surface area contributed by atoms with Crippen LogP contribution in [0.3, 0.4) is 0 Å². The van der Waals surface area contributed by atoms with Crippen LogP contribution in [0.1, 0.15) is 62.2 Å². The van der Waals surface area contributed by atoms with E-state index in [0.29, 0.717) is 12.2 Å². The van der Waals surface area contributed by atoms with Gasteiger partial charge in [0.25, 0.3) is 5.56 Å². The van der Waals surface area contributed by atoms with Crippen LogP contribution < -0.4 is 5.56 Å². The van der Waals surface area contributed by atoms with Crippen LogP contribution in [0.5, 0.6) is 0 Å². The molecule has 25 heavy (non-hydrogen) atoms. The molecule has 2 saturated carbocycles. The summed E-state index contributed by atoms with van der Waals surface area (Å²) in [5, 5.41) is 8.84. The van der Waals surface area contributed by atoms with E-state index in [1.165, 1.54) is 32.1 Å². The number of fused-ring (bicyclic) bond motifs is 1. The van der Waals surface area contributed by atoms with E-state index < -0.39 is 0 Å². The summed E-state index contributed by atoms with van der Waals surface area (Å²) in [6, 6.07) is 0. The molecule has 2 aromatic heterocycles. The first-order valence-corrected chi connectivity index (χ1v) is 9.69. The highest BCUT2D eigenvalue weighted by Gasteiger charge is 2.58. The van der Waals surface area contributed by atoms with Gasteiger partial charge in [-0.1, -0.05) is 0 Å². The highest BCUT2D eigenvalue weighted by atomic mass is 16.5. The van der Waals surface area contributed by atoms with E-state index in [1.54, 1.807) is 0 Å². The van der Waals surface area contributed by atoms with Gasteiger partial charge < -0.3 is 9.30 Å². The summed E-state index contributed by atoms with van der Waals surface area (Å²) in [6.07, 6.45) is 8.44. The second kappa shape index (κ2) is 5.40. The van der Waals surface area contributed by atoms with Gasteiger partial charge in [0, 0.05) is 23.4 Å². The fourth-order valence-electron chi connectivity index (χ4n) is 4.65. The van der Waals surface area contributed by atoms with Crippen molar-refractivity contribution in [3.63, 3.8) is 0 Å². The molecule has 5 rings (SSSR count). The fourth-order valence-corrected chi connectivity index (χ4v) is 4.65. The molecule has 3 aliphatic rings. The Bertz CT molecular complexity index is 883. The van der Waals surface area contributed by atoms with Gasteiger partial charge in [-0.2, -0.15) is 0 Å². The molecule has 0 amide bonds. The summed E-state index contributed by atoms with van der Waals surface area (Å²) in [6.45, 7) is 5.56. The summed E-state index contributed by atoms with van der Waals surface area (Å²) in [5.74, 6) is 1.78. The molecule has 3 fully saturated rings. The Morgan fingerprint density at radius 2 is 1.92 bits per heavy atom. The minimum absolute atomic E-state index is 0.0254. The number of hydrogen-bond donors (Lipinski definition) is 0. The van der Waals surface area contributed by atoms with E-state index in [9.17, 15) is 4.79 Å². The van der Waals surface area contributed by atoms with E-state index >= 15 is 0 Å². The molecule has 0 bridgehead atoms. The lowest BCUT2D eigenvalue weighted by molar-refractivity contribution is 0.00509. The summed E-state index contributed by atoms with van der Waals surface area (Å²) >= 11 is 0. The van der Waals surface area contributed by atoms with Gasteiger partial charge in [-0.3, -0.25) is 9.20 Å². The van der Waals surface area contributed by atoms with Crippen LogP contribution >= 0.6 is 0 Å². The maximum Gasteiger partial charge on any atom is 0.296 e. The van der Waals surface area contributed by atoms with Crippen LogP contribution in [0.4, 0.5) is 0 Å². The normalized spacial score (nSPS) is 25.4. The number of hydrogen-bond acceptors (Lipinski definition) is 4. The molecule has 0 N–H and O–H groups in total. The molecule has 1 unspecified atom stereocenters. The Labute approximate surface area is 147 Å². The third kappa shape index (κ3) is 2.30. The van der Waals surface area contributed by atoms with Gasteiger partial charge in [0.15, 0.2) is 0 Å². The van der Waals surface area contributed by atoms with E-state index in [0.717, 1.165) is 42.6 Å². The third-order valence-electron chi connectivity index (χ3n) is 6.62. The van der Waals surface area contributed by atoms with Crippen LogP contribution in [0.25, 0.3) is 5.65 Å². The van der Waals surface area contributed by atoms with E-state index in [4.69, 9.17) is 4.74 Å².